The highest BCUT2D eigenvalue weighted by Crippen LogP contribution is 2.19. The van der Waals surface area contributed by atoms with Gasteiger partial charge in [-0.25, -0.2) is 0 Å². The molecule has 74 valence electrons. The van der Waals surface area contributed by atoms with Gasteiger partial charge in [0.1, 0.15) is 11.5 Å². The van der Waals surface area contributed by atoms with Crippen LogP contribution in [0.15, 0.2) is 18.2 Å². The molecule has 0 bridgehead atoms. The Morgan fingerprint density at radius 2 is 2.00 bits per heavy atom. The quantitative estimate of drug-likeness (QED) is 0.587. The largest absolute Gasteiger partial charge is 0.507 e. The van der Waals surface area contributed by atoms with Crippen LogP contribution in [-0.4, -0.2) is 16.7 Å². The molecule has 0 aliphatic heterocycles. The van der Waals surface area contributed by atoms with E-state index in [1.165, 1.54) is 13.0 Å². The summed E-state index contributed by atoms with van der Waals surface area (Å²) in [6.45, 7) is 3.18. The molecular weight excluding hydrogens is 180 g/mol. The number of rotatable bonds is 3. The number of benzene rings is 1. The molecule has 0 aromatic heterocycles. The SMILES string of the molecule is CC(=O)CC(=O)c1cc(C)ccc1O. The van der Waals surface area contributed by atoms with Crippen molar-refractivity contribution in [3.63, 3.8) is 0 Å². The van der Waals surface area contributed by atoms with Crippen LogP contribution in [0.3, 0.4) is 0 Å². The van der Waals surface area contributed by atoms with Gasteiger partial charge in [-0.2, -0.15) is 0 Å². The topological polar surface area (TPSA) is 54.4 Å². The zero-order chi connectivity index (χ0) is 10.7. The van der Waals surface area contributed by atoms with Crippen LogP contribution >= 0.6 is 0 Å². The Hall–Kier alpha value is -1.64. The molecule has 0 aliphatic carbocycles. The van der Waals surface area contributed by atoms with Gasteiger partial charge in [-0.15, -0.1) is 0 Å². The van der Waals surface area contributed by atoms with E-state index < -0.39 is 0 Å². The van der Waals surface area contributed by atoms with Crippen LogP contribution < -0.4 is 0 Å². The maximum Gasteiger partial charge on any atom is 0.173 e. The van der Waals surface area contributed by atoms with Gasteiger partial charge in [0.25, 0.3) is 0 Å². The minimum atomic E-state index is -0.335. The molecule has 1 N–H and O–H groups in total. The number of carbonyl (C=O) groups is 2. The van der Waals surface area contributed by atoms with Crippen LogP contribution in [0, 0.1) is 6.92 Å². The first-order valence-corrected chi connectivity index (χ1v) is 4.33. The molecule has 0 aliphatic rings. The normalized spacial score (nSPS) is 9.86. The molecule has 0 saturated carbocycles. The summed E-state index contributed by atoms with van der Waals surface area (Å²) in [6, 6.07) is 4.75. The standard InChI is InChI=1S/C11H12O3/c1-7-3-4-10(13)9(5-7)11(14)6-8(2)12/h3-5,13H,6H2,1-2H3. The van der Waals surface area contributed by atoms with E-state index in [-0.39, 0.29) is 29.3 Å². The molecule has 1 rings (SSSR count). The van der Waals surface area contributed by atoms with E-state index in [9.17, 15) is 14.7 Å². The number of ketones is 2. The van der Waals surface area contributed by atoms with E-state index in [4.69, 9.17) is 0 Å². The number of hydrogen-bond donors (Lipinski definition) is 1. The summed E-state index contributed by atoms with van der Waals surface area (Å²) in [6.07, 6.45) is -0.156. The highest BCUT2D eigenvalue weighted by molar-refractivity contribution is 6.08. The smallest absolute Gasteiger partial charge is 0.173 e. The Morgan fingerprint density at radius 3 is 2.57 bits per heavy atom. The lowest BCUT2D eigenvalue weighted by atomic mass is 10.0. The van der Waals surface area contributed by atoms with Gasteiger partial charge in [0, 0.05) is 0 Å². The first-order valence-electron chi connectivity index (χ1n) is 4.33. The summed E-state index contributed by atoms with van der Waals surface area (Å²) in [7, 11) is 0. The van der Waals surface area contributed by atoms with E-state index in [0.717, 1.165) is 5.56 Å². The summed E-state index contributed by atoms with van der Waals surface area (Å²) >= 11 is 0. The van der Waals surface area contributed by atoms with Crippen LogP contribution in [0.2, 0.25) is 0 Å². The van der Waals surface area contributed by atoms with Gasteiger partial charge < -0.3 is 5.11 Å². The third-order valence-corrected chi connectivity index (χ3v) is 1.86. The lowest BCUT2D eigenvalue weighted by Gasteiger charge is -2.03. The van der Waals surface area contributed by atoms with E-state index in [1.54, 1.807) is 12.1 Å². The van der Waals surface area contributed by atoms with Crippen molar-refractivity contribution in [3.8, 4) is 5.75 Å². The maximum atomic E-state index is 11.4. The number of phenols is 1. The molecule has 0 saturated heterocycles. The predicted molar refractivity (Wildman–Crippen MR) is 52.5 cm³/mol. The molecule has 0 atom stereocenters. The second-order valence-corrected chi connectivity index (χ2v) is 3.32. The van der Waals surface area contributed by atoms with Crippen LogP contribution in [0.5, 0.6) is 5.75 Å². The average Bonchev–Trinajstić information content (AvgIpc) is 2.08. The minimum Gasteiger partial charge on any atom is -0.507 e. The first kappa shape index (κ1) is 10.4. The molecule has 3 heteroatoms. The molecule has 3 nitrogen and oxygen atoms in total. The van der Waals surface area contributed by atoms with Gasteiger partial charge in [0.15, 0.2) is 5.78 Å². The van der Waals surface area contributed by atoms with Crippen LogP contribution in [0.25, 0.3) is 0 Å². The predicted octanol–water partition coefficient (Wildman–Crippen LogP) is 1.86. The van der Waals surface area contributed by atoms with Crippen LogP contribution in [0.1, 0.15) is 29.3 Å². The number of carbonyl (C=O) groups excluding carboxylic acids is 2. The van der Waals surface area contributed by atoms with Crippen molar-refractivity contribution in [1.29, 1.82) is 0 Å². The second-order valence-electron chi connectivity index (χ2n) is 3.32. The second kappa shape index (κ2) is 4.05. The maximum absolute atomic E-state index is 11.4. The van der Waals surface area contributed by atoms with Crippen molar-refractivity contribution in [2.45, 2.75) is 20.3 Å². The average molecular weight is 192 g/mol. The van der Waals surface area contributed by atoms with Gasteiger partial charge in [0.05, 0.1) is 12.0 Å². The zero-order valence-electron chi connectivity index (χ0n) is 8.20. The number of Topliss-reactive ketones (excluding diaryl/α,β-unsaturated/α-hetero) is 2. The Kier molecular flexibility index (Phi) is 3.02. The van der Waals surface area contributed by atoms with Crippen molar-refractivity contribution in [1.82, 2.24) is 0 Å². The third kappa shape index (κ3) is 2.42. The molecule has 0 amide bonds. The van der Waals surface area contributed by atoms with Gasteiger partial charge in [-0.3, -0.25) is 9.59 Å². The molecular formula is C11H12O3. The van der Waals surface area contributed by atoms with E-state index >= 15 is 0 Å². The lowest BCUT2D eigenvalue weighted by Crippen LogP contribution is -2.05. The summed E-state index contributed by atoms with van der Waals surface area (Å²) < 4.78 is 0. The van der Waals surface area contributed by atoms with Gasteiger partial charge in [-0.1, -0.05) is 11.6 Å². The molecule has 14 heavy (non-hydrogen) atoms. The molecule has 1 aromatic carbocycles. The van der Waals surface area contributed by atoms with Crippen molar-refractivity contribution < 1.29 is 14.7 Å². The molecule has 1 aromatic rings. The van der Waals surface area contributed by atoms with Crippen LogP contribution in [0.4, 0.5) is 0 Å². The highest BCUT2D eigenvalue weighted by Gasteiger charge is 2.12. The summed E-state index contributed by atoms with van der Waals surface area (Å²) in [4.78, 5) is 22.2. The van der Waals surface area contributed by atoms with Crippen molar-refractivity contribution in [3.05, 3.63) is 29.3 Å². The molecule has 0 radical (unpaired) electrons. The van der Waals surface area contributed by atoms with Gasteiger partial charge in [-0.05, 0) is 26.0 Å². The molecule has 0 unspecified atom stereocenters. The fourth-order valence-electron chi connectivity index (χ4n) is 1.19. The fraction of sp³-hybridized carbons (Fsp3) is 0.273. The zero-order valence-corrected chi connectivity index (χ0v) is 8.20. The summed E-state index contributed by atoms with van der Waals surface area (Å²) in [5.41, 5.74) is 1.11. The van der Waals surface area contributed by atoms with Crippen molar-refractivity contribution in [2.24, 2.45) is 0 Å². The summed E-state index contributed by atoms with van der Waals surface area (Å²) in [5.74, 6) is -0.601. The Labute approximate surface area is 82.4 Å². The third-order valence-electron chi connectivity index (χ3n) is 1.86. The molecule has 0 heterocycles. The lowest BCUT2D eigenvalue weighted by molar-refractivity contribution is -0.116. The highest BCUT2D eigenvalue weighted by atomic mass is 16.3. The molecule has 0 fully saturated rings. The molecule has 0 spiro atoms. The summed E-state index contributed by atoms with van der Waals surface area (Å²) in [5, 5.41) is 9.39. The first-order chi connectivity index (χ1) is 6.50. The van der Waals surface area contributed by atoms with E-state index in [0.29, 0.717) is 0 Å². The van der Waals surface area contributed by atoms with Crippen molar-refractivity contribution >= 4 is 11.6 Å². The number of aromatic hydroxyl groups is 1. The minimum absolute atomic E-state index is 0.0677. The van der Waals surface area contributed by atoms with Gasteiger partial charge in [0.2, 0.25) is 0 Å². The number of phenolic OH excluding ortho intramolecular Hbond substituents is 1. The van der Waals surface area contributed by atoms with Crippen LogP contribution in [-0.2, 0) is 4.79 Å². The Morgan fingerprint density at radius 1 is 1.36 bits per heavy atom. The van der Waals surface area contributed by atoms with E-state index in [2.05, 4.69) is 0 Å². The number of hydrogen-bond acceptors (Lipinski definition) is 3. The van der Waals surface area contributed by atoms with Crippen molar-refractivity contribution in [2.75, 3.05) is 0 Å². The monoisotopic (exact) mass is 192 g/mol. The van der Waals surface area contributed by atoms with E-state index in [1.807, 2.05) is 6.92 Å². The van der Waals surface area contributed by atoms with Gasteiger partial charge >= 0.3 is 0 Å². The Bertz CT molecular complexity index is 380. The fourth-order valence-corrected chi connectivity index (χ4v) is 1.19. The Balaban J connectivity index is 3.00. The number of aryl methyl sites for hydroxylation is 1.